The summed E-state index contributed by atoms with van der Waals surface area (Å²) >= 11 is 5.52. The summed E-state index contributed by atoms with van der Waals surface area (Å²) in [6.07, 6.45) is 3.09. The van der Waals surface area contributed by atoms with Gasteiger partial charge in [-0.2, -0.15) is 0 Å². The fraction of sp³-hybridized carbons (Fsp3) is 0.667. The molecule has 0 unspecified atom stereocenters. The molecule has 3 N–H and O–H groups in total. The van der Waals surface area contributed by atoms with Gasteiger partial charge in [-0.3, -0.25) is 4.79 Å². The summed E-state index contributed by atoms with van der Waals surface area (Å²) in [7, 11) is 0. The predicted molar refractivity (Wildman–Crippen MR) is 69.5 cm³/mol. The van der Waals surface area contributed by atoms with Crippen LogP contribution in [0.25, 0.3) is 0 Å². The van der Waals surface area contributed by atoms with Crippen molar-refractivity contribution < 1.29 is 14.7 Å². The van der Waals surface area contributed by atoms with Crippen LogP contribution in [0.2, 0.25) is 0 Å². The number of carbonyl (C=O) groups is 2. The van der Waals surface area contributed by atoms with Crippen LogP contribution in [0.4, 0.5) is 4.79 Å². The number of hydrogen-bond donors (Lipinski definition) is 3. The lowest BCUT2D eigenvalue weighted by Gasteiger charge is -2.26. The molecule has 0 aromatic rings. The molecular weight excluding hydrogens is 256 g/mol. The number of urea groups is 1. The van der Waals surface area contributed by atoms with Gasteiger partial charge in [0.1, 0.15) is 0 Å². The number of carbonyl (C=O) groups excluding carboxylic acids is 1. The van der Waals surface area contributed by atoms with Crippen LogP contribution in [0.5, 0.6) is 0 Å². The van der Waals surface area contributed by atoms with E-state index in [4.69, 9.17) is 16.7 Å². The van der Waals surface area contributed by atoms with E-state index in [1.807, 2.05) is 0 Å². The average Bonchev–Trinajstić information content (AvgIpc) is 2.34. The van der Waals surface area contributed by atoms with E-state index in [2.05, 4.69) is 17.2 Å². The van der Waals surface area contributed by atoms with E-state index < -0.39 is 5.97 Å². The third kappa shape index (κ3) is 5.40. The molecule has 0 aromatic carbocycles. The van der Waals surface area contributed by atoms with E-state index in [0.29, 0.717) is 30.3 Å². The van der Waals surface area contributed by atoms with Gasteiger partial charge in [-0.1, -0.05) is 18.2 Å². The van der Waals surface area contributed by atoms with E-state index in [1.54, 1.807) is 0 Å². The number of aliphatic carboxylic acids is 1. The summed E-state index contributed by atoms with van der Waals surface area (Å²) in [6, 6.07) is -0.267. The molecule has 1 rings (SSSR count). The second-order valence-corrected chi connectivity index (χ2v) is 5.17. The third-order valence-corrected chi connectivity index (χ3v) is 3.32. The molecule has 0 atom stereocenters. The van der Waals surface area contributed by atoms with Crippen LogP contribution in [-0.2, 0) is 4.79 Å². The Labute approximate surface area is 112 Å². The molecule has 0 saturated heterocycles. The van der Waals surface area contributed by atoms with Crippen molar-refractivity contribution in [2.24, 2.45) is 11.8 Å². The maximum atomic E-state index is 11.3. The van der Waals surface area contributed by atoms with Crippen molar-refractivity contribution in [1.82, 2.24) is 10.6 Å². The molecule has 2 amide bonds. The highest BCUT2D eigenvalue weighted by molar-refractivity contribution is 6.29. The minimum absolute atomic E-state index is 0.213. The Kier molecular flexibility index (Phi) is 5.98. The first-order chi connectivity index (χ1) is 8.49. The lowest BCUT2D eigenvalue weighted by molar-refractivity contribution is -0.143. The summed E-state index contributed by atoms with van der Waals surface area (Å²) in [6.45, 7) is 4.29. The van der Waals surface area contributed by atoms with Crippen molar-refractivity contribution in [1.29, 1.82) is 0 Å². The van der Waals surface area contributed by atoms with Crippen molar-refractivity contribution in [3.8, 4) is 0 Å². The maximum absolute atomic E-state index is 11.3. The highest BCUT2D eigenvalue weighted by Crippen LogP contribution is 2.28. The molecule has 18 heavy (non-hydrogen) atoms. The van der Waals surface area contributed by atoms with Crippen molar-refractivity contribution in [3.63, 3.8) is 0 Å². The molecule has 1 saturated carbocycles. The summed E-state index contributed by atoms with van der Waals surface area (Å²) in [4.78, 5) is 22.1. The molecule has 102 valence electrons. The number of amides is 2. The Balaban J connectivity index is 2.15. The first kappa shape index (κ1) is 14.8. The molecule has 0 aliphatic heterocycles. The lowest BCUT2D eigenvalue weighted by Crippen LogP contribution is -2.39. The normalized spacial score (nSPS) is 23.2. The number of carboxylic acids is 1. The van der Waals surface area contributed by atoms with Gasteiger partial charge in [-0.15, -0.1) is 0 Å². The summed E-state index contributed by atoms with van der Waals surface area (Å²) in [5.74, 6) is -0.556. The van der Waals surface area contributed by atoms with E-state index in [9.17, 15) is 9.59 Å². The van der Waals surface area contributed by atoms with Gasteiger partial charge in [-0.05, 0) is 31.6 Å². The zero-order valence-electron chi connectivity index (χ0n) is 10.2. The Bertz CT molecular complexity index is 325. The van der Waals surface area contributed by atoms with Crippen molar-refractivity contribution in [2.45, 2.75) is 25.7 Å². The molecular formula is C12H19ClN2O3. The smallest absolute Gasteiger partial charge is 0.315 e. The van der Waals surface area contributed by atoms with Crippen LogP contribution < -0.4 is 10.6 Å². The van der Waals surface area contributed by atoms with Crippen molar-refractivity contribution >= 4 is 23.6 Å². The molecule has 0 aromatic heterocycles. The van der Waals surface area contributed by atoms with Crippen molar-refractivity contribution in [2.75, 3.05) is 13.1 Å². The molecule has 0 radical (unpaired) electrons. The molecule has 1 aliphatic rings. The topological polar surface area (TPSA) is 78.4 Å². The Morgan fingerprint density at radius 2 is 1.83 bits per heavy atom. The monoisotopic (exact) mass is 274 g/mol. The fourth-order valence-corrected chi connectivity index (χ4v) is 2.16. The lowest BCUT2D eigenvalue weighted by atomic mass is 9.82. The first-order valence-corrected chi connectivity index (χ1v) is 6.44. The zero-order chi connectivity index (χ0) is 13.5. The van der Waals surface area contributed by atoms with E-state index in [-0.39, 0.29) is 18.5 Å². The second-order valence-electron chi connectivity index (χ2n) is 4.64. The molecule has 0 spiro atoms. The average molecular weight is 275 g/mol. The van der Waals surface area contributed by atoms with Gasteiger partial charge in [0, 0.05) is 11.6 Å². The van der Waals surface area contributed by atoms with Crippen LogP contribution in [-0.4, -0.2) is 30.2 Å². The van der Waals surface area contributed by atoms with Gasteiger partial charge in [0.25, 0.3) is 0 Å². The van der Waals surface area contributed by atoms with E-state index >= 15 is 0 Å². The molecule has 5 nitrogen and oxygen atoms in total. The van der Waals surface area contributed by atoms with Gasteiger partial charge in [-0.25, -0.2) is 4.79 Å². The van der Waals surface area contributed by atoms with Crippen molar-refractivity contribution in [3.05, 3.63) is 11.6 Å². The molecule has 1 aliphatic carbocycles. The zero-order valence-corrected chi connectivity index (χ0v) is 11.0. The maximum Gasteiger partial charge on any atom is 0.315 e. The Morgan fingerprint density at radius 1 is 1.22 bits per heavy atom. The van der Waals surface area contributed by atoms with Gasteiger partial charge >= 0.3 is 12.0 Å². The molecule has 0 heterocycles. The van der Waals surface area contributed by atoms with Crippen LogP contribution in [0, 0.1) is 11.8 Å². The SMILES string of the molecule is C=C(Cl)CNC(=O)NCC1CCC(C(=O)O)CC1. The molecule has 6 heteroatoms. The van der Waals surface area contributed by atoms with Gasteiger partial charge in [0.15, 0.2) is 0 Å². The van der Waals surface area contributed by atoms with Gasteiger partial charge < -0.3 is 15.7 Å². The minimum atomic E-state index is -0.709. The Morgan fingerprint density at radius 3 is 2.33 bits per heavy atom. The highest BCUT2D eigenvalue weighted by atomic mass is 35.5. The summed E-state index contributed by atoms with van der Waals surface area (Å²) in [5, 5.41) is 14.6. The minimum Gasteiger partial charge on any atom is -0.481 e. The second kappa shape index (κ2) is 7.26. The Hall–Kier alpha value is -1.23. The molecule has 1 fully saturated rings. The number of halogens is 1. The van der Waals surface area contributed by atoms with E-state index in [0.717, 1.165) is 12.8 Å². The highest BCUT2D eigenvalue weighted by Gasteiger charge is 2.25. The quantitative estimate of drug-likeness (QED) is 0.717. The van der Waals surface area contributed by atoms with Crippen LogP contribution in [0.3, 0.4) is 0 Å². The standard InChI is InChI=1S/C12H19ClN2O3/c1-8(13)6-14-12(18)15-7-9-2-4-10(5-3-9)11(16)17/h9-10H,1-7H2,(H,16,17)(H2,14,15,18). The number of hydrogen-bond acceptors (Lipinski definition) is 2. The van der Waals surface area contributed by atoms with Gasteiger partial charge in [0.2, 0.25) is 0 Å². The van der Waals surface area contributed by atoms with Gasteiger partial charge in [0.05, 0.1) is 12.5 Å². The number of nitrogens with one attached hydrogen (secondary N) is 2. The number of carboxylic acid groups (broad SMARTS) is 1. The van der Waals surface area contributed by atoms with Crippen LogP contribution in [0.1, 0.15) is 25.7 Å². The largest absolute Gasteiger partial charge is 0.481 e. The first-order valence-electron chi connectivity index (χ1n) is 6.06. The number of rotatable bonds is 5. The third-order valence-electron chi connectivity index (χ3n) is 3.19. The summed E-state index contributed by atoms with van der Waals surface area (Å²) < 4.78 is 0. The fourth-order valence-electron chi connectivity index (χ4n) is 2.09. The molecule has 0 bridgehead atoms. The predicted octanol–water partition coefficient (Wildman–Crippen LogP) is 1.93. The van der Waals surface area contributed by atoms with E-state index in [1.165, 1.54) is 0 Å². The van der Waals surface area contributed by atoms with Crippen LogP contribution >= 0.6 is 11.6 Å². The van der Waals surface area contributed by atoms with Crippen LogP contribution in [0.15, 0.2) is 11.6 Å². The summed E-state index contributed by atoms with van der Waals surface area (Å²) in [5.41, 5.74) is 0.